The normalized spacial score (nSPS) is 15.9. The predicted molar refractivity (Wildman–Crippen MR) is 114 cm³/mol. The van der Waals surface area contributed by atoms with Crippen LogP contribution in [-0.4, -0.2) is 34.3 Å². The highest BCUT2D eigenvalue weighted by Crippen LogP contribution is 2.26. The summed E-state index contributed by atoms with van der Waals surface area (Å²) in [6, 6.07) is 15.7. The standard InChI is InChI=1S/C24H22FN3O3/c25-20-7-1-2-9-22(20)31-19-12-10-18(11-13-19)27-23(29)21-8-3-4-15-28(21)24(30)17-6-5-14-26-16-17/h1-2,5-7,9-14,16,21H,3-4,8,15H2,(H,27,29)/t21-/m1/s1. The second kappa shape index (κ2) is 9.38. The molecule has 0 aliphatic carbocycles. The molecule has 1 fully saturated rings. The zero-order chi connectivity index (χ0) is 21.6. The van der Waals surface area contributed by atoms with Gasteiger partial charge in [-0.1, -0.05) is 12.1 Å². The van der Waals surface area contributed by atoms with Crippen LogP contribution < -0.4 is 10.1 Å². The van der Waals surface area contributed by atoms with Gasteiger partial charge in [0.15, 0.2) is 11.6 Å². The molecule has 2 amide bonds. The number of hydrogen-bond donors (Lipinski definition) is 1. The lowest BCUT2D eigenvalue weighted by Gasteiger charge is -2.34. The molecule has 1 atom stereocenters. The van der Waals surface area contributed by atoms with E-state index in [1.807, 2.05) is 0 Å². The number of pyridine rings is 1. The van der Waals surface area contributed by atoms with E-state index < -0.39 is 11.9 Å². The molecule has 0 spiro atoms. The first-order valence-corrected chi connectivity index (χ1v) is 10.2. The molecule has 1 aliphatic heterocycles. The van der Waals surface area contributed by atoms with Crippen LogP contribution in [-0.2, 0) is 4.79 Å². The van der Waals surface area contributed by atoms with E-state index in [9.17, 15) is 14.0 Å². The smallest absolute Gasteiger partial charge is 0.256 e. The molecule has 31 heavy (non-hydrogen) atoms. The van der Waals surface area contributed by atoms with Gasteiger partial charge in [0.1, 0.15) is 11.8 Å². The van der Waals surface area contributed by atoms with Gasteiger partial charge in [-0.25, -0.2) is 4.39 Å². The highest BCUT2D eigenvalue weighted by molar-refractivity contribution is 6.01. The van der Waals surface area contributed by atoms with Gasteiger partial charge in [0.2, 0.25) is 5.91 Å². The van der Waals surface area contributed by atoms with Crippen molar-refractivity contribution in [3.05, 3.63) is 84.4 Å². The molecule has 6 nitrogen and oxygen atoms in total. The van der Waals surface area contributed by atoms with Crippen molar-refractivity contribution in [2.75, 3.05) is 11.9 Å². The number of benzene rings is 2. The molecule has 1 aromatic heterocycles. The minimum Gasteiger partial charge on any atom is -0.454 e. The lowest BCUT2D eigenvalue weighted by atomic mass is 10.00. The molecule has 158 valence electrons. The Labute approximate surface area is 179 Å². The third-order valence-electron chi connectivity index (χ3n) is 5.16. The SMILES string of the molecule is O=C(Nc1ccc(Oc2ccccc2F)cc1)[C@H]1CCCCN1C(=O)c1cccnc1. The highest BCUT2D eigenvalue weighted by Gasteiger charge is 2.32. The van der Waals surface area contributed by atoms with Crippen LogP contribution in [0.4, 0.5) is 10.1 Å². The summed E-state index contributed by atoms with van der Waals surface area (Å²) in [6.07, 6.45) is 5.46. The van der Waals surface area contributed by atoms with E-state index in [-0.39, 0.29) is 17.6 Å². The molecule has 1 saturated heterocycles. The van der Waals surface area contributed by atoms with Crippen molar-refractivity contribution in [2.24, 2.45) is 0 Å². The van der Waals surface area contributed by atoms with Gasteiger partial charge in [0.05, 0.1) is 5.56 Å². The number of anilines is 1. The number of ether oxygens (including phenoxy) is 1. The van der Waals surface area contributed by atoms with Crippen molar-refractivity contribution in [1.29, 1.82) is 0 Å². The third-order valence-corrected chi connectivity index (χ3v) is 5.16. The largest absolute Gasteiger partial charge is 0.454 e. The number of halogens is 1. The number of nitrogens with zero attached hydrogens (tertiary/aromatic N) is 2. The fourth-order valence-electron chi connectivity index (χ4n) is 3.59. The van der Waals surface area contributed by atoms with Crippen molar-refractivity contribution < 1.29 is 18.7 Å². The van der Waals surface area contributed by atoms with Gasteiger partial charge in [-0.2, -0.15) is 0 Å². The summed E-state index contributed by atoms with van der Waals surface area (Å²) >= 11 is 0. The maximum absolute atomic E-state index is 13.7. The summed E-state index contributed by atoms with van der Waals surface area (Å²) in [4.78, 5) is 31.4. The minimum atomic E-state index is -0.546. The molecule has 1 aliphatic rings. The predicted octanol–water partition coefficient (Wildman–Crippen LogP) is 4.65. The summed E-state index contributed by atoms with van der Waals surface area (Å²) in [5, 5.41) is 2.87. The van der Waals surface area contributed by atoms with Gasteiger partial charge in [-0.05, 0) is 67.8 Å². The van der Waals surface area contributed by atoms with E-state index in [1.54, 1.807) is 65.7 Å². The summed E-state index contributed by atoms with van der Waals surface area (Å²) in [7, 11) is 0. The number of carbonyl (C=O) groups is 2. The number of likely N-dealkylation sites (tertiary alicyclic amines) is 1. The lowest BCUT2D eigenvalue weighted by molar-refractivity contribution is -0.121. The Morgan fingerprint density at radius 2 is 1.84 bits per heavy atom. The Hall–Kier alpha value is -3.74. The molecule has 0 bridgehead atoms. The van der Waals surface area contributed by atoms with Crippen LogP contribution in [0.1, 0.15) is 29.6 Å². The molecule has 2 heterocycles. The molecule has 3 aromatic rings. The topological polar surface area (TPSA) is 71.5 Å². The molecular weight excluding hydrogens is 397 g/mol. The highest BCUT2D eigenvalue weighted by atomic mass is 19.1. The Bertz CT molecular complexity index is 1060. The van der Waals surface area contributed by atoms with Gasteiger partial charge in [-0.3, -0.25) is 14.6 Å². The zero-order valence-electron chi connectivity index (χ0n) is 16.8. The quantitative estimate of drug-likeness (QED) is 0.654. The zero-order valence-corrected chi connectivity index (χ0v) is 16.8. The Morgan fingerprint density at radius 1 is 1.03 bits per heavy atom. The van der Waals surface area contributed by atoms with Crippen LogP contribution in [0.15, 0.2) is 73.1 Å². The van der Waals surface area contributed by atoms with E-state index in [2.05, 4.69) is 10.3 Å². The number of amides is 2. The molecular formula is C24H22FN3O3. The third kappa shape index (κ3) is 4.88. The van der Waals surface area contributed by atoms with Crippen LogP contribution >= 0.6 is 0 Å². The molecule has 7 heteroatoms. The number of para-hydroxylation sites is 1. The Balaban J connectivity index is 1.43. The van der Waals surface area contributed by atoms with Crippen molar-refractivity contribution in [1.82, 2.24) is 9.88 Å². The van der Waals surface area contributed by atoms with E-state index in [4.69, 9.17) is 4.74 Å². The molecule has 4 rings (SSSR count). The number of aromatic nitrogens is 1. The molecule has 0 radical (unpaired) electrons. The maximum atomic E-state index is 13.7. The van der Waals surface area contributed by atoms with Gasteiger partial charge in [-0.15, -0.1) is 0 Å². The van der Waals surface area contributed by atoms with E-state index in [0.717, 1.165) is 12.8 Å². The van der Waals surface area contributed by atoms with Crippen molar-refractivity contribution in [3.8, 4) is 11.5 Å². The fourth-order valence-corrected chi connectivity index (χ4v) is 3.59. The first-order chi connectivity index (χ1) is 15.1. The lowest BCUT2D eigenvalue weighted by Crippen LogP contribution is -2.50. The number of hydrogen-bond acceptors (Lipinski definition) is 4. The number of carbonyl (C=O) groups excluding carboxylic acids is 2. The van der Waals surface area contributed by atoms with Crippen molar-refractivity contribution >= 4 is 17.5 Å². The minimum absolute atomic E-state index is 0.131. The second-order valence-electron chi connectivity index (χ2n) is 7.30. The molecule has 0 unspecified atom stereocenters. The van der Waals surface area contributed by atoms with Gasteiger partial charge < -0.3 is 15.0 Å². The maximum Gasteiger partial charge on any atom is 0.256 e. The van der Waals surface area contributed by atoms with E-state index in [1.165, 1.54) is 12.3 Å². The molecule has 0 saturated carbocycles. The van der Waals surface area contributed by atoms with E-state index >= 15 is 0 Å². The van der Waals surface area contributed by atoms with Crippen molar-refractivity contribution in [2.45, 2.75) is 25.3 Å². The first kappa shape index (κ1) is 20.5. The van der Waals surface area contributed by atoms with Gasteiger partial charge >= 0.3 is 0 Å². The van der Waals surface area contributed by atoms with Crippen LogP contribution in [0, 0.1) is 5.82 Å². The van der Waals surface area contributed by atoms with Crippen LogP contribution in [0.3, 0.4) is 0 Å². The number of rotatable bonds is 5. The fraction of sp³-hybridized carbons (Fsp3) is 0.208. The second-order valence-corrected chi connectivity index (χ2v) is 7.30. The summed E-state index contributed by atoms with van der Waals surface area (Å²) < 4.78 is 19.3. The summed E-state index contributed by atoms with van der Waals surface area (Å²) in [5.74, 6) is -0.294. The molecule has 2 aromatic carbocycles. The van der Waals surface area contributed by atoms with Crippen LogP contribution in [0.5, 0.6) is 11.5 Å². The van der Waals surface area contributed by atoms with E-state index in [0.29, 0.717) is 30.0 Å². The number of piperidine rings is 1. The van der Waals surface area contributed by atoms with Gasteiger partial charge in [0.25, 0.3) is 5.91 Å². The first-order valence-electron chi connectivity index (χ1n) is 10.2. The molecule has 1 N–H and O–H groups in total. The summed E-state index contributed by atoms with van der Waals surface area (Å²) in [5.41, 5.74) is 1.04. The Morgan fingerprint density at radius 3 is 2.58 bits per heavy atom. The summed E-state index contributed by atoms with van der Waals surface area (Å²) in [6.45, 7) is 0.529. The number of nitrogens with one attached hydrogen (secondary N) is 1. The average Bonchev–Trinajstić information content (AvgIpc) is 2.82. The van der Waals surface area contributed by atoms with Gasteiger partial charge in [0, 0.05) is 24.6 Å². The Kier molecular flexibility index (Phi) is 6.21. The average molecular weight is 419 g/mol. The van der Waals surface area contributed by atoms with Crippen LogP contribution in [0.2, 0.25) is 0 Å². The van der Waals surface area contributed by atoms with Crippen LogP contribution in [0.25, 0.3) is 0 Å². The monoisotopic (exact) mass is 419 g/mol. The van der Waals surface area contributed by atoms with Crippen molar-refractivity contribution in [3.63, 3.8) is 0 Å².